The zero-order valence-electron chi connectivity index (χ0n) is 18.1. The van der Waals surface area contributed by atoms with E-state index in [0.29, 0.717) is 5.92 Å². The molecule has 1 aromatic heterocycles. The van der Waals surface area contributed by atoms with Crippen LogP contribution in [-0.2, 0) is 0 Å². The van der Waals surface area contributed by atoms with Crippen LogP contribution in [0.2, 0.25) is 0 Å². The van der Waals surface area contributed by atoms with Crippen LogP contribution in [0.15, 0.2) is 110 Å². The summed E-state index contributed by atoms with van der Waals surface area (Å²) in [7, 11) is 0. The summed E-state index contributed by atoms with van der Waals surface area (Å²) in [6.45, 7) is 6.54. The summed E-state index contributed by atoms with van der Waals surface area (Å²) in [5.74, 6) is 1.60. The van der Waals surface area contributed by atoms with E-state index in [9.17, 15) is 0 Å². The molecule has 156 valence electrons. The molecule has 3 atom stereocenters. The Labute approximate surface area is 189 Å². The predicted octanol–water partition coefficient (Wildman–Crippen LogP) is 7.28. The largest absolute Gasteiger partial charge is 0.316 e. The Morgan fingerprint density at radius 3 is 2.25 bits per heavy atom. The molecule has 0 N–H and O–H groups in total. The quantitative estimate of drug-likeness (QED) is 0.328. The molecule has 3 unspecified atom stereocenters. The van der Waals surface area contributed by atoms with Crippen LogP contribution in [0.3, 0.4) is 0 Å². The first-order valence-corrected chi connectivity index (χ1v) is 11.2. The Bertz CT molecular complexity index is 1300. The van der Waals surface area contributed by atoms with Crippen LogP contribution in [0.1, 0.15) is 18.4 Å². The molecule has 6 rings (SSSR count). The minimum absolute atomic E-state index is 0.114. The molecule has 4 aromatic rings. The van der Waals surface area contributed by atoms with Crippen molar-refractivity contribution in [2.24, 2.45) is 5.92 Å². The highest BCUT2D eigenvalue weighted by atomic mass is 15.5. The van der Waals surface area contributed by atoms with Crippen molar-refractivity contribution in [1.82, 2.24) is 4.98 Å². The summed E-state index contributed by atoms with van der Waals surface area (Å²) in [4.78, 5) is 9.81. The van der Waals surface area contributed by atoms with E-state index in [0.717, 1.165) is 11.5 Å². The lowest BCUT2D eigenvalue weighted by Gasteiger charge is -2.45. The number of anilines is 4. The molecule has 0 bridgehead atoms. The van der Waals surface area contributed by atoms with E-state index in [2.05, 4.69) is 114 Å². The minimum atomic E-state index is 0.114. The van der Waals surface area contributed by atoms with Crippen molar-refractivity contribution in [2.75, 3.05) is 9.80 Å². The monoisotopic (exact) mass is 415 g/mol. The van der Waals surface area contributed by atoms with Crippen LogP contribution < -0.4 is 9.80 Å². The first-order chi connectivity index (χ1) is 15.8. The molecule has 0 amide bonds. The van der Waals surface area contributed by atoms with Crippen molar-refractivity contribution >= 4 is 22.9 Å². The van der Waals surface area contributed by atoms with Crippen LogP contribution in [0.4, 0.5) is 22.9 Å². The molecule has 0 spiro atoms. The van der Waals surface area contributed by atoms with Gasteiger partial charge in [0, 0.05) is 29.3 Å². The summed E-state index contributed by atoms with van der Waals surface area (Å²) in [6, 6.07) is 32.3. The van der Waals surface area contributed by atoms with Gasteiger partial charge < -0.3 is 9.80 Å². The van der Waals surface area contributed by atoms with E-state index in [-0.39, 0.29) is 12.1 Å². The molecule has 0 saturated heterocycles. The van der Waals surface area contributed by atoms with Gasteiger partial charge in [-0.15, -0.1) is 6.58 Å². The van der Waals surface area contributed by atoms with Crippen molar-refractivity contribution < 1.29 is 0 Å². The average Bonchev–Trinajstić information content (AvgIpc) is 3.21. The van der Waals surface area contributed by atoms with Crippen LogP contribution >= 0.6 is 0 Å². The van der Waals surface area contributed by atoms with Gasteiger partial charge in [-0.1, -0.05) is 79.7 Å². The Balaban J connectivity index is 1.61. The first-order valence-electron chi connectivity index (χ1n) is 11.2. The number of pyridine rings is 1. The number of aromatic nitrogens is 1. The molecule has 3 aromatic carbocycles. The zero-order valence-corrected chi connectivity index (χ0v) is 18.1. The van der Waals surface area contributed by atoms with Gasteiger partial charge in [0.1, 0.15) is 6.17 Å². The molecule has 2 aliphatic heterocycles. The fraction of sp³-hybridized carbons (Fsp3) is 0.138. The topological polar surface area (TPSA) is 19.4 Å². The second-order valence-corrected chi connectivity index (χ2v) is 8.56. The maximum absolute atomic E-state index is 4.89. The van der Waals surface area contributed by atoms with Crippen molar-refractivity contribution in [3.05, 3.63) is 115 Å². The van der Waals surface area contributed by atoms with Crippen molar-refractivity contribution in [3.8, 4) is 11.1 Å². The number of hydrogen-bond acceptors (Lipinski definition) is 3. The van der Waals surface area contributed by atoms with Gasteiger partial charge in [0.2, 0.25) is 0 Å². The van der Waals surface area contributed by atoms with Crippen LogP contribution in [0.5, 0.6) is 0 Å². The van der Waals surface area contributed by atoms with E-state index in [4.69, 9.17) is 4.98 Å². The average molecular weight is 416 g/mol. The molecule has 32 heavy (non-hydrogen) atoms. The number of nitrogens with zero attached hydrogens (tertiary/aromatic N) is 3. The lowest BCUT2D eigenvalue weighted by atomic mass is 9.80. The van der Waals surface area contributed by atoms with E-state index in [1.807, 2.05) is 12.3 Å². The molecule has 3 nitrogen and oxygen atoms in total. The number of rotatable bonds is 3. The lowest BCUT2D eigenvalue weighted by molar-refractivity contribution is 0.409. The Morgan fingerprint density at radius 1 is 0.750 bits per heavy atom. The molecule has 0 aliphatic carbocycles. The van der Waals surface area contributed by atoms with Gasteiger partial charge in [0.15, 0.2) is 5.82 Å². The van der Waals surface area contributed by atoms with Crippen molar-refractivity contribution in [3.63, 3.8) is 0 Å². The highest BCUT2D eigenvalue weighted by Gasteiger charge is 2.48. The number of fused-ring (bicyclic) bond motifs is 5. The zero-order chi connectivity index (χ0) is 21.7. The summed E-state index contributed by atoms with van der Waals surface area (Å²) >= 11 is 0. The van der Waals surface area contributed by atoms with Gasteiger partial charge in [-0.2, -0.15) is 0 Å². The standard InChI is InChI=1S/C29H25N3/c1-3-22-20(2)29-31(26-17-10-8-15-24(22)26)27-18-11-19-30-28(27)32(29)25-16-9-7-14-23(25)21-12-5-4-6-13-21/h3-20,22,29H,1H2,2H3. The fourth-order valence-corrected chi connectivity index (χ4v) is 5.49. The van der Waals surface area contributed by atoms with Gasteiger partial charge in [0.25, 0.3) is 0 Å². The van der Waals surface area contributed by atoms with Gasteiger partial charge in [-0.25, -0.2) is 4.98 Å². The molecular formula is C29H25N3. The normalized spacial score (nSPS) is 21.0. The molecule has 0 saturated carbocycles. The molecule has 3 heteroatoms. The van der Waals surface area contributed by atoms with Gasteiger partial charge in [-0.3, -0.25) is 0 Å². The number of benzene rings is 3. The number of hydrogen-bond donors (Lipinski definition) is 0. The molecule has 3 heterocycles. The highest BCUT2D eigenvalue weighted by molar-refractivity contribution is 5.92. The Hall–Kier alpha value is -3.85. The smallest absolute Gasteiger partial charge is 0.158 e. The third kappa shape index (κ3) is 2.64. The van der Waals surface area contributed by atoms with E-state index in [1.54, 1.807) is 0 Å². The maximum Gasteiger partial charge on any atom is 0.158 e. The maximum atomic E-state index is 4.89. The van der Waals surface area contributed by atoms with Gasteiger partial charge in [0.05, 0.1) is 11.4 Å². The van der Waals surface area contributed by atoms with Gasteiger partial charge in [-0.05, 0) is 35.4 Å². The lowest BCUT2D eigenvalue weighted by Crippen LogP contribution is -2.48. The summed E-state index contributed by atoms with van der Waals surface area (Å²) in [5, 5.41) is 0. The van der Waals surface area contributed by atoms with Crippen LogP contribution in [-0.4, -0.2) is 11.1 Å². The third-order valence-corrected chi connectivity index (χ3v) is 6.88. The van der Waals surface area contributed by atoms with Crippen molar-refractivity contribution in [2.45, 2.75) is 19.0 Å². The van der Waals surface area contributed by atoms with Crippen LogP contribution in [0.25, 0.3) is 11.1 Å². The fourth-order valence-electron chi connectivity index (χ4n) is 5.49. The van der Waals surface area contributed by atoms with Crippen LogP contribution in [0, 0.1) is 5.92 Å². The second kappa shape index (κ2) is 7.38. The number of para-hydroxylation sites is 2. The summed E-state index contributed by atoms with van der Waals surface area (Å²) in [5.41, 5.74) is 7.34. The predicted molar refractivity (Wildman–Crippen MR) is 133 cm³/mol. The Kier molecular flexibility index (Phi) is 4.36. The summed E-state index contributed by atoms with van der Waals surface area (Å²) < 4.78 is 0. The molecule has 2 aliphatic rings. The third-order valence-electron chi connectivity index (χ3n) is 6.88. The SMILES string of the molecule is C=CC1c2ccccc2N2c3cccnc3N(c3ccccc3-c3ccccc3)C2C1C. The Morgan fingerprint density at radius 2 is 1.44 bits per heavy atom. The van der Waals surface area contributed by atoms with Gasteiger partial charge >= 0.3 is 0 Å². The molecular weight excluding hydrogens is 390 g/mol. The first kappa shape index (κ1) is 18.9. The van der Waals surface area contributed by atoms with E-state index >= 15 is 0 Å². The number of allylic oxidation sites excluding steroid dienone is 1. The molecule has 0 radical (unpaired) electrons. The van der Waals surface area contributed by atoms with E-state index < -0.39 is 0 Å². The second-order valence-electron chi connectivity index (χ2n) is 8.56. The summed E-state index contributed by atoms with van der Waals surface area (Å²) in [6.07, 6.45) is 4.12. The van der Waals surface area contributed by atoms with Crippen molar-refractivity contribution in [1.29, 1.82) is 0 Å². The highest BCUT2D eigenvalue weighted by Crippen LogP contribution is 2.56. The van der Waals surface area contributed by atoms with E-state index in [1.165, 1.54) is 28.1 Å². The molecule has 0 fully saturated rings. The minimum Gasteiger partial charge on any atom is -0.316 e.